The number of amides is 2. The van der Waals surface area contributed by atoms with Crippen LogP contribution in [0.15, 0.2) is 43.0 Å². The molecule has 7 heteroatoms. The van der Waals surface area contributed by atoms with Crippen LogP contribution in [0.25, 0.3) is 0 Å². The molecule has 2 aromatic rings. The normalized spacial score (nSPS) is 17.5. The fourth-order valence-electron chi connectivity index (χ4n) is 2.90. The maximum Gasteiger partial charge on any atom is 0.229 e. The molecular weight excluding hydrogens is 306 g/mol. The van der Waals surface area contributed by atoms with E-state index < -0.39 is 0 Å². The van der Waals surface area contributed by atoms with Gasteiger partial charge in [-0.3, -0.25) is 14.3 Å². The Morgan fingerprint density at radius 3 is 2.83 bits per heavy atom. The van der Waals surface area contributed by atoms with E-state index in [9.17, 15) is 9.59 Å². The van der Waals surface area contributed by atoms with Gasteiger partial charge in [0.05, 0.1) is 12.5 Å². The summed E-state index contributed by atoms with van der Waals surface area (Å²) in [5, 5.41) is 6.92. The first kappa shape index (κ1) is 16.2. The van der Waals surface area contributed by atoms with Crippen molar-refractivity contribution in [1.82, 2.24) is 19.7 Å². The Hall–Kier alpha value is -2.70. The van der Waals surface area contributed by atoms with E-state index >= 15 is 0 Å². The van der Waals surface area contributed by atoms with Gasteiger partial charge in [-0.1, -0.05) is 18.2 Å². The second-order valence-electron chi connectivity index (χ2n) is 5.94. The molecule has 2 heterocycles. The number of nitrogens with one attached hydrogen (secondary N) is 1. The Morgan fingerprint density at radius 2 is 2.08 bits per heavy atom. The largest absolute Gasteiger partial charge is 0.342 e. The summed E-state index contributed by atoms with van der Waals surface area (Å²) in [7, 11) is 0. The number of rotatable bonds is 5. The van der Waals surface area contributed by atoms with Gasteiger partial charge in [0, 0.05) is 25.2 Å². The molecule has 7 nitrogen and oxygen atoms in total. The van der Waals surface area contributed by atoms with Gasteiger partial charge in [-0.15, -0.1) is 0 Å². The van der Waals surface area contributed by atoms with Gasteiger partial charge < -0.3 is 10.2 Å². The van der Waals surface area contributed by atoms with E-state index in [-0.39, 0.29) is 17.7 Å². The van der Waals surface area contributed by atoms with Crippen LogP contribution in [0.4, 0.5) is 5.69 Å². The molecule has 1 atom stereocenters. The second kappa shape index (κ2) is 7.72. The number of benzene rings is 1. The predicted octanol–water partition coefficient (Wildman–Crippen LogP) is 1.55. The molecule has 2 amide bonds. The van der Waals surface area contributed by atoms with Crippen molar-refractivity contribution in [2.45, 2.75) is 25.8 Å². The van der Waals surface area contributed by atoms with E-state index in [4.69, 9.17) is 0 Å². The van der Waals surface area contributed by atoms with E-state index in [0.717, 1.165) is 18.5 Å². The highest BCUT2D eigenvalue weighted by Gasteiger charge is 2.28. The predicted molar refractivity (Wildman–Crippen MR) is 89.0 cm³/mol. The maximum atomic E-state index is 12.4. The Labute approximate surface area is 140 Å². The lowest BCUT2D eigenvalue weighted by atomic mass is 9.96. The monoisotopic (exact) mass is 327 g/mol. The molecular formula is C17H21N5O2. The number of anilines is 1. The molecule has 0 spiro atoms. The number of hydrogen-bond donors (Lipinski definition) is 1. The Balaban J connectivity index is 1.51. The number of hydrogen-bond acceptors (Lipinski definition) is 4. The molecule has 1 aromatic heterocycles. The standard InChI is InChI=1S/C17H21N5O2/c23-16(8-10-22-13-18-12-19-22)21-9-4-5-14(11-21)17(24)20-15-6-2-1-3-7-15/h1-3,6-7,12-14H,4-5,8-11H2,(H,20,24)/t14-/m0/s1. The molecule has 0 radical (unpaired) electrons. The molecule has 0 unspecified atom stereocenters. The molecule has 126 valence electrons. The highest BCUT2D eigenvalue weighted by atomic mass is 16.2. The second-order valence-corrected chi connectivity index (χ2v) is 5.94. The average Bonchev–Trinajstić information content (AvgIpc) is 3.14. The van der Waals surface area contributed by atoms with Crippen molar-refractivity contribution in [3.05, 3.63) is 43.0 Å². The zero-order valence-electron chi connectivity index (χ0n) is 13.5. The van der Waals surface area contributed by atoms with Crippen LogP contribution in [0.5, 0.6) is 0 Å². The lowest BCUT2D eigenvalue weighted by Crippen LogP contribution is -2.44. The van der Waals surface area contributed by atoms with Gasteiger partial charge >= 0.3 is 0 Å². The highest BCUT2D eigenvalue weighted by molar-refractivity contribution is 5.93. The first-order chi connectivity index (χ1) is 11.7. The van der Waals surface area contributed by atoms with Crippen LogP contribution < -0.4 is 5.32 Å². The van der Waals surface area contributed by atoms with Crippen molar-refractivity contribution in [2.24, 2.45) is 5.92 Å². The SMILES string of the molecule is O=C(Nc1ccccc1)[C@H]1CCCN(C(=O)CCn2cncn2)C1. The molecule has 1 aliphatic heterocycles. The minimum atomic E-state index is -0.158. The summed E-state index contributed by atoms with van der Waals surface area (Å²) in [6.45, 7) is 1.70. The number of carbonyl (C=O) groups is 2. The Bertz CT molecular complexity index is 672. The Morgan fingerprint density at radius 1 is 1.25 bits per heavy atom. The van der Waals surface area contributed by atoms with Gasteiger partial charge in [-0.25, -0.2) is 4.98 Å². The summed E-state index contributed by atoms with van der Waals surface area (Å²) in [6.07, 6.45) is 5.08. The zero-order chi connectivity index (χ0) is 16.8. The van der Waals surface area contributed by atoms with Gasteiger partial charge in [-0.2, -0.15) is 5.10 Å². The first-order valence-corrected chi connectivity index (χ1v) is 8.18. The number of carbonyl (C=O) groups excluding carboxylic acids is 2. The zero-order valence-corrected chi connectivity index (χ0v) is 13.5. The van der Waals surface area contributed by atoms with Crippen molar-refractivity contribution in [3.8, 4) is 0 Å². The van der Waals surface area contributed by atoms with E-state index in [1.165, 1.54) is 6.33 Å². The fraction of sp³-hybridized carbons (Fsp3) is 0.412. The number of para-hydroxylation sites is 1. The topological polar surface area (TPSA) is 80.1 Å². The molecule has 1 N–H and O–H groups in total. The molecule has 0 bridgehead atoms. The molecule has 3 rings (SSSR count). The van der Waals surface area contributed by atoms with Crippen LogP contribution >= 0.6 is 0 Å². The molecule has 1 aromatic carbocycles. The van der Waals surface area contributed by atoms with Gasteiger partial charge in [0.2, 0.25) is 11.8 Å². The maximum absolute atomic E-state index is 12.4. The molecule has 24 heavy (non-hydrogen) atoms. The Kier molecular flexibility index (Phi) is 5.20. The van der Waals surface area contributed by atoms with Gasteiger partial charge in [0.25, 0.3) is 0 Å². The number of piperidine rings is 1. The third-order valence-corrected chi connectivity index (χ3v) is 4.21. The minimum Gasteiger partial charge on any atom is -0.342 e. The summed E-state index contributed by atoms with van der Waals surface area (Å²) in [6, 6.07) is 9.40. The van der Waals surface area contributed by atoms with Crippen LogP contribution in [-0.4, -0.2) is 44.6 Å². The van der Waals surface area contributed by atoms with Crippen LogP contribution in [-0.2, 0) is 16.1 Å². The molecule has 1 aliphatic rings. The van der Waals surface area contributed by atoms with Crippen LogP contribution in [0.2, 0.25) is 0 Å². The third kappa shape index (κ3) is 4.18. The molecule has 1 fully saturated rings. The lowest BCUT2D eigenvalue weighted by Gasteiger charge is -2.32. The van der Waals surface area contributed by atoms with Gasteiger partial charge in [0.1, 0.15) is 12.7 Å². The smallest absolute Gasteiger partial charge is 0.229 e. The molecule has 0 saturated carbocycles. The van der Waals surface area contributed by atoms with E-state index in [0.29, 0.717) is 26.1 Å². The third-order valence-electron chi connectivity index (χ3n) is 4.21. The van der Waals surface area contributed by atoms with Crippen LogP contribution in [0.1, 0.15) is 19.3 Å². The summed E-state index contributed by atoms with van der Waals surface area (Å²) in [5.74, 6) is -0.119. The summed E-state index contributed by atoms with van der Waals surface area (Å²) < 4.78 is 1.64. The quantitative estimate of drug-likeness (QED) is 0.903. The van der Waals surface area contributed by atoms with Crippen molar-refractivity contribution in [1.29, 1.82) is 0 Å². The van der Waals surface area contributed by atoms with Gasteiger partial charge in [0.15, 0.2) is 0 Å². The average molecular weight is 327 g/mol. The van der Waals surface area contributed by atoms with Crippen molar-refractivity contribution in [2.75, 3.05) is 18.4 Å². The number of nitrogens with zero attached hydrogens (tertiary/aromatic N) is 4. The summed E-state index contributed by atoms with van der Waals surface area (Å²) in [5.41, 5.74) is 0.789. The minimum absolute atomic E-state index is 0.0185. The number of likely N-dealkylation sites (tertiary alicyclic amines) is 1. The van der Waals surface area contributed by atoms with Crippen LogP contribution in [0.3, 0.4) is 0 Å². The van der Waals surface area contributed by atoms with Crippen molar-refractivity contribution in [3.63, 3.8) is 0 Å². The molecule has 0 aliphatic carbocycles. The number of aromatic nitrogens is 3. The summed E-state index contributed by atoms with van der Waals surface area (Å²) in [4.78, 5) is 30.4. The molecule has 1 saturated heterocycles. The number of aryl methyl sites for hydroxylation is 1. The van der Waals surface area contributed by atoms with Crippen molar-refractivity contribution < 1.29 is 9.59 Å². The van der Waals surface area contributed by atoms with E-state index in [2.05, 4.69) is 15.4 Å². The first-order valence-electron chi connectivity index (χ1n) is 8.18. The van der Waals surface area contributed by atoms with Crippen LogP contribution in [0, 0.1) is 5.92 Å². The lowest BCUT2D eigenvalue weighted by molar-refractivity contribution is -0.134. The van der Waals surface area contributed by atoms with E-state index in [1.54, 1.807) is 15.9 Å². The van der Waals surface area contributed by atoms with Gasteiger partial charge in [-0.05, 0) is 25.0 Å². The highest BCUT2D eigenvalue weighted by Crippen LogP contribution is 2.19. The fourth-order valence-corrected chi connectivity index (χ4v) is 2.90. The van der Waals surface area contributed by atoms with Crippen molar-refractivity contribution >= 4 is 17.5 Å². The van der Waals surface area contributed by atoms with E-state index in [1.807, 2.05) is 30.3 Å². The summed E-state index contributed by atoms with van der Waals surface area (Å²) >= 11 is 0.